The Labute approximate surface area is 179 Å². The zero-order valence-corrected chi connectivity index (χ0v) is 17.5. The van der Waals surface area contributed by atoms with Gasteiger partial charge in [-0.1, -0.05) is 42.1 Å². The summed E-state index contributed by atoms with van der Waals surface area (Å²) in [5.74, 6) is 0.239. The number of hydrogen-bond acceptors (Lipinski definition) is 8. The highest BCUT2D eigenvalue weighted by atomic mass is 32.2. The topological polar surface area (TPSA) is 83.5 Å². The van der Waals surface area contributed by atoms with Crippen LogP contribution in [0, 0.1) is 0 Å². The van der Waals surface area contributed by atoms with Crippen LogP contribution in [0.25, 0.3) is 0 Å². The van der Waals surface area contributed by atoms with Crippen LogP contribution in [-0.2, 0) is 23.7 Å². The summed E-state index contributed by atoms with van der Waals surface area (Å²) in [6.45, 7) is 1.56. The molecule has 6 atom stereocenters. The van der Waals surface area contributed by atoms with Crippen LogP contribution < -0.4 is 4.74 Å². The summed E-state index contributed by atoms with van der Waals surface area (Å²) in [6, 6.07) is 16.9. The van der Waals surface area contributed by atoms with Crippen molar-refractivity contribution < 1.29 is 33.6 Å². The number of carbonyl (C=O) groups is 1. The third-order valence-corrected chi connectivity index (χ3v) is 6.15. The molecule has 1 N–H and O–H groups in total. The van der Waals surface area contributed by atoms with Gasteiger partial charge in [-0.3, -0.25) is 4.79 Å². The Hall–Kier alpha value is -2.10. The molecule has 0 saturated carbocycles. The smallest absolute Gasteiger partial charge is 0.303 e. The van der Waals surface area contributed by atoms with E-state index in [0.717, 1.165) is 16.2 Å². The first-order valence-electron chi connectivity index (χ1n) is 9.68. The molecule has 0 spiro atoms. The van der Waals surface area contributed by atoms with Gasteiger partial charge in [-0.2, -0.15) is 0 Å². The van der Waals surface area contributed by atoms with Gasteiger partial charge in [0, 0.05) is 17.4 Å². The molecule has 30 heavy (non-hydrogen) atoms. The Morgan fingerprint density at radius 3 is 2.50 bits per heavy atom. The van der Waals surface area contributed by atoms with Crippen molar-refractivity contribution in [1.82, 2.24) is 0 Å². The molecule has 4 rings (SSSR count). The van der Waals surface area contributed by atoms with Gasteiger partial charge < -0.3 is 28.8 Å². The van der Waals surface area contributed by atoms with Gasteiger partial charge in [0.25, 0.3) is 0 Å². The maximum Gasteiger partial charge on any atom is 0.303 e. The van der Waals surface area contributed by atoms with E-state index in [-0.39, 0.29) is 6.61 Å². The van der Waals surface area contributed by atoms with Crippen molar-refractivity contribution in [2.75, 3.05) is 13.7 Å². The minimum atomic E-state index is -1.06. The molecule has 160 valence electrons. The number of aliphatic hydroxyl groups excluding tert-OH is 1. The number of ether oxygens (including phenoxy) is 5. The minimum Gasteiger partial charge on any atom is -0.497 e. The molecule has 7 nitrogen and oxygen atoms in total. The lowest BCUT2D eigenvalue weighted by Crippen LogP contribution is -2.61. The predicted octanol–water partition coefficient (Wildman–Crippen LogP) is 2.92. The summed E-state index contributed by atoms with van der Waals surface area (Å²) in [4.78, 5) is 12.6. The normalized spacial score (nSPS) is 30.9. The molecule has 0 aromatic heterocycles. The first kappa shape index (κ1) is 21.1. The van der Waals surface area contributed by atoms with Crippen LogP contribution in [-0.4, -0.2) is 54.6 Å². The fraction of sp³-hybridized carbons (Fsp3) is 0.409. The van der Waals surface area contributed by atoms with E-state index < -0.39 is 42.1 Å². The van der Waals surface area contributed by atoms with Crippen molar-refractivity contribution in [3.63, 3.8) is 0 Å². The Morgan fingerprint density at radius 1 is 1.10 bits per heavy atom. The summed E-state index contributed by atoms with van der Waals surface area (Å²) in [7, 11) is 1.60. The molecular formula is C22H24O7S. The second-order valence-corrected chi connectivity index (χ2v) is 8.25. The molecule has 0 amide bonds. The third kappa shape index (κ3) is 4.63. The molecule has 2 aromatic carbocycles. The first-order valence-corrected chi connectivity index (χ1v) is 10.6. The van der Waals surface area contributed by atoms with Crippen molar-refractivity contribution in [3.05, 3.63) is 60.2 Å². The molecule has 2 aliphatic rings. The highest BCUT2D eigenvalue weighted by Crippen LogP contribution is 2.40. The first-order chi connectivity index (χ1) is 14.5. The van der Waals surface area contributed by atoms with Gasteiger partial charge >= 0.3 is 5.97 Å². The zero-order chi connectivity index (χ0) is 21.1. The molecule has 0 bridgehead atoms. The van der Waals surface area contributed by atoms with E-state index in [2.05, 4.69) is 0 Å². The molecule has 8 heteroatoms. The average Bonchev–Trinajstić information content (AvgIpc) is 2.77. The minimum absolute atomic E-state index is 0.247. The lowest BCUT2D eigenvalue weighted by molar-refractivity contribution is -0.319. The van der Waals surface area contributed by atoms with Crippen LogP contribution in [0.4, 0.5) is 0 Å². The maximum absolute atomic E-state index is 11.7. The van der Waals surface area contributed by atoms with Gasteiger partial charge in [-0.05, 0) is 24.3 Å². The third-order valence-electron chi connectivity index (χ3n) is 4.99. The standard InChI is InChI=1S/C22H24O7S/c1-13(23)27-20-18(24)19-17(28-22(20)30-16-6-4-3-5-7-16)12-26-21(29-19)14-8-10-15(25-2)11-9-14/h3-11,17-22,24H,12H2,1-2H3/t17-,18-,19+,20-,21?,22+/m1/s1. The lowest BCUT2D eigenvalue weighted by Gasteiger charge is -2.47. The highest BCUT2D eigenvalue weighted by Gasteiger charge is 2.51. The number of fused-ring (bicyclic) bond motifs is 1. The van der Waals surface area contributed by atoms with Crippen LogP contribution in [0.1, 0.15) is 18.8 Å². The molecule has 1 unspecified atom stereocenters. The van der Waals surface area contributed by atoms with Crippen molar-refractivity contribution >= 4 is 17.7 Å². The second-order valence-electron chi connectivity index (χ2n) is 7.08. The number of carbonyl (C=O) groups excluding carboxylic acids is 1. The molecule has 0 radical (unpaired) electrons. The number of aliphatic hydroxyl groups is 1. The van der Waals surface area contributed by atoms with Crippen LogP contribution >= 0.6 is 11.8 Å². The maximum atomic E-state index is 11.7. The number of benzene rings is 2. The van der Waals surface area contributed by atoms with E-state index in [4.69, 9.17) is 23.7 Å². The van der Waals surface area contributed by atoms with Gasteiger partial charge in [0.2, 0.25) is 0 Å². The van der Waals surface area contributed by atoms with Gasteiger partial charge in [0.05, 0.1) is 13.7 Å². The van der Waals surface area contributed by atoms with Crippen molar-refractivity contribution in [2.45, 2.75) is 48.0 Å². The molecule has 0 aliphatic carbocycles. The summed E-state index contributed by atoms with van der Waals surface area (Å²) in [5, 5.41) is 11.0. The monoisotopic (exact) mass is 432 g/mol. The highest BCUT2D eigenvalue weighted by molar-refractivity contribution is 7.99. The molecule has 2 aliphatic heterocycles. The number of rotatable bonds is 5. The summed E-state index contributed by atoms with van der Waals surface area (Å²) in [5.41, 5.74) is 0.212. The van der Waals surface area contributed by atoms with E-state index in [9.17, 15) is 9.90 Å². The fourth-order valence-corrected chi connectivity index (χ4v) is 4.67. The molecule has 2 heterocycles. The largest absolute Gasteiger partial charge is 0.497 e. The number of esters is 1. The molecule has 2 aromatic rings. The molecular weight excluding hydrogens is 408 g/mol. The van der Waals surface area contributed by atoms with E-state index in [1.54, 1.807) is 7.11 Å². The Bertz CT molecular complexity index is 844. The van der Waals surface area contributed by atoms with E-state index >= 15 is 0 Å². The quantitative estimate of drug-likeness (QED) is 0.722. The van der Waals surface area contributed by atoms with Crippen molar-refractivity contribution in [3.8, 4) is 5.75 Å². The Kier molecular flexibility index (Phi) is 6.60. The van der Waals surface area contributed by atoms with Crippen LogP contribution in [0.15, 0.2) is 59.5 Å². The van der Waals surface area contributed by atoms with Crippen molar-refractivity contribution in [1.29, 1.82) is 0 Å². The van der Waals surface area contributed by atoms with Crippen LogP contribution in [0.5, 0.6) is 5.75 Å². The summed E-state index contributed by atoms with van der Waals surface area (Å²) >= 11 is 1.39. The lowest BCUT2D eigenvalue weighted by atomic mass is 9.98. The molecule has 2 saturated heterocycles. The van der Waals surface area contributed by atoms with Gasteiger partial charge in [-0.15, -0.1) is 0 Å². The summed E-state index contributed by atoms with van der Waals surface area (Å²) in [6.07, 6.45) is -3.76. The van der Waals surface area contributed by atoms with E-state index in [1.807, 2.05) is 54.6 Å². The van der Waals surface area contributed by atoms with Crippen LogP contribution in [0.2, 0.25) is 0 Å². The Balaban J connectivity index is 1.51. The zero-order valence-electron chi connectivity index (χ0n) is 16.7. The SMILES string of the molecule is COc1ccc(C2OC[C@H]3O[C@@H](Sc4ccccc4)[C@H](OC(C)=O)[C@H](O)[C@H]3O2)cc1. The predicted molar refractivity (Wildman–Crippen MR) is 109 cm³/mol. The average molecular weight is 432 g/mol. The van der Waals surface area contributed by atoms with Crippen LogP contribution in [0.3, 0.4) is 0 Å². The van der Waals surface area contributed by atoms with Crippen molar-refractivity contribution in [2.24, 2.45) is 0 Å². The number of methoxy groups -OCH3 is 1. The summed E-state index contributed by atoms with van der Waals surface area (Å²) < 4.78 is 28.7. The van der Waals surface area contributed by atoms with E-state index in [1.165, 1.54) is 18.7 Å². The number of thioether (sulfide) groups is 1. The molecule has 2 fully saturated rings. The van der Waals surface area contributed by atoms with E-state index in [0.29, 0.717) is 0 Å². The second kappa shape index (κ2) is 9.36. The van der Waals surface area contributed by atoms with Gasteiger partial charge in [0.15, 0.2) is 12.4 Å². The fourth-order valence-electron chi connectivity index (χ4n) is 3.54. The van der Waals surface area contributed by atoms with Gasteiger partial charge in [-0.25, -0.2) is 0 Å². The van der Waals surface area contributed by atoms with Gasteiger partial charge in [0.1, 0.15) is 29.5 Å². The Morgan fingerprint density at radius 2 is 1.83 bits per heavy atom. The number of hydrogen-bond donors (Lipinski definition) is 1.